The van der Waals surface area contributed by atoms with Crippen LogP contribution in [0, 0.1) is 17.1 Å². The van der Waals surface area contributed by atoms with Gasteiger partial charge in [0.25, 0.3) is 0 Å². The molecule has 0 aliphatic heterocycles. The Morgan fingerprint density at radius 1 is 1.53 bits per heavy atom. The molecule has 7 heteroatoms. The number of halogens is 1. The first-order valence-electron chi connectivity index (χ1n) is 5.04. The molecule has 1 N–H and O–H groups in total. The summed E-state index contributed by atoms with van der Waals surface area (Å²) in [5, 5.41) is 17.5. The van der Waals surface area contributed by atoms with Gasteiger partial charge in [-0.05, 0) is 17.7 Å². The molecule has 0 atom stereocenters. The Hall–Kier alpha value is -1.68. The van der Waals surface area contributed by atoms with Gasteiger partial charge < -0.3 is 9.67 Å². The molecule has 0 unspecified atom stereocenters. The fourth-order valence-corrected chi connectivity index (χ4v) is 1.57. The molecule has 2 aromatic rings. The van der Waals surface area contributed by atoms with E-state index in [2.05, 4.69) is 4.98 Å². The summed E-state index contributed by atoms with van der Waals surface area (Å²) >= 11 is 0. The second-order valence-electron chi connectivity index (χ2n) is 3.64. The number of carboxylic acid groups (broad SMARTS) is 1. The van der Waals surface area contributed by atoms with Crippen molar-refractivity contribution in [2.24, 2.45) is 0 Å². The first-order chi connectivity index (χ1) is 8.61. The number of benzene rings is 1. The zero-order valence-electron chi connectivity index (χ0n) is 9.17. The molecule has 0 radical (unpaired) electrons. The van der Waals surface area contributed by atoms with Crippen LogP contribution in [0.15, 0.2) is 30.7 Å². The molecule has 0 aliphatic carbocycles. The number of imidazole rings is 1. The van der Waals surface area contributed by atoms with Crippen molar-refractivity contribution in [2.75, 3.05) is 0 Å². The predicted octanol–water partition coefficient (Wildman–Crippen LogP) is 0.992. The van der Waals surface area contributed by atoms with Crippen LogP contribution in [-0.2, 0) is 6.54 Å². The predicted molar refractivity (Wildman–Crippen MR) is 66.6 cm³/mol. The van der Waals surface area contributed by atoms with E-state index < -0.39 is 11.8 Å². The van der Waals surface area contributed by atoms with Crippen LogP contribution in [0.1, 0.15) is 21.6 Å². The van der Waals surface area contributed by atoms with Gasteiger partial charge in [0.15, 0.2) is 0 Å². The van der Waals surface area contributed by atoms with Gasteiger partial charge in [-0.25, -0.2) is 14.2 Å². The number of hydrogen-bond donors (Lipinski definition) is 1. The van der Waals surface area contributed by atoms with Gasteiger partial charge in [0, 0.05) is 6.54 Å². The summed E-state index contributed by atoms with van der Waals surface area (Å²) in [5.74, 6) is -1.71. The number of carboxylic acids is 1. The molecule has 19 heavy (non-hydrogen) atoms. The van der Waals surface area contributed by atoms with E-state index in [-0.39, 0.29) is 47.4 Å². The third kappa shape index (κ3) is 3.41. The van der Waals surface area contributed by atoms with Crippen molar-refractivity contribution in [2.45, 2.75) is 6.54 Å². The second kappa shape index (κ2) is 6.48. The summed E-state index contributed by atoms with van der Waals surface area (Å²) in [6.07, 6.45) is 2.59. The van der Waals surface area contributed by atoms with Crippen molar-refractivity contribution in [1.29, 1.82) is 5.26 Å². The van der Waals surface area contributed by atoms with Gasteiger partial charge in [-0.3, -0.25) is 0 Å². The van der Waals surface area contributed by atoms with Gasteiger partial charge in [0.05, 0.1) is 18.1 Å². The van der Waals surface area contributed by atoms with E-state index in [0.29, 0.717) is 5.56 Å². The van der Waals surface area contributed by atoms with Crippen LogP contribution < -0.4 is 0 Å². The van der Waals surface area contributed by atoms with E-state index in [1.807, 2.05) is 0 Å². The Balaban J connectivity index is 0.00000180. The summed E-state index contributed by atoms with van der Waals surface area (Å²) in [6.45, 7) is 0.185. The third-order valence-electron chi connectivity index (χ3n) is 2.44. The van der Waals surface area contributed by atoms with Gasteiger partial charge in [0.1, 0.15) is 17.6 Å². The van der Waals surface area contributed by atoms with Gasteiger partial charge >= 0.3 is 35.5 Å². The molecule has 2 rings (SSSR count). The van der Waals surface area contributed by atoms with Crippen molar-refractivity contribution >= 4 is 35.5 Å². The van der Waals surface area contributed by atoms with Crippen molar-refractivity contribution in [3.8, 4) is 6.07 Å². The number of carbonyl (C=O) groups is 1. The zero-order valence-corrected chi connectivity index (χ0v) is 9.17. The number of hydrogen-bond acceptors (Lipinski definition) is 3. The standard InChI is InChI=1S/C12H8FN3O2.Na.H/c13-10-3-8(1-2-9(10)4-14)6-16-7-15-5-11(16)12(17)18;;/h1-3,5,7H,6H2,(H,17,18);;. The van der Waals surface area contributed by atoms with Gasteiger partial charge in [-0.15, -0.1) is 0 Å². The molecule has 5 nitrogen and oxygen atoms in total. The molecular formula is C12H9FN3NaO2. The average Bonchev–Trinajstić information content (AvgIpc) is 2.77. The Morgan fingerprint density at radius 3 is 2.84 bits per heavy atom. The SMILES string of the molecule is N#Cc1ccc(Cn2cncc2C(=O)O)cc1F.[NaH]. The maximum atomic E-state index is 13.4. The Labute approximate surface area is 130 Å². The molecule has 0 amide bonds. The second-order valence-corrected chi connectivity index (χ2v) is 3.64. The first kappa shape index (κ1) is 15.4. The monoisotopic (exact) mass is 269 g/mol. The fraction of sp³-hybridized carbons (Fsp3) is 0.0833. The summed E-state index contributed by atoms with van der Waals surface area (Å²) in [5.41, 5.74) is 0.551. The molecule has 0 fully saturated rings. The van der Waals surface area contributed by atoms with Crippen LogP contribution in [0.5, 0.6) is 0 Å². The van der Waals surface area contributed by atoms with Crippen LogP contribution in [0.4, 0.5) is 4.39 Å². The molecule has 92 valence electrons. The van der Waals surface area contributed by atoms with Crippen LogP contribution in [0.25, 0.3) is 0 Å². The van der Waals surface area contributed by atoms with E-state index >= 15 is 0 Å². The van der Waals surface area contributed by atoms with E-state index in [4.69, 9.17) is 10.4 Å². The van der Waals surface area contributed by atoms with Crippen molar-refractivity contribution in [3.05, 3.63) is 53.4 Å². The van der Waals surface area contributed by atoms with Crippen LogP contribution in [-0.4, -0.2) is 50.2 Å². The number of aromatic carboxylic acids is 1. The summed E-state index contributed by atoms with van der Waals surface area (Å²) < 4.78 is 14.8. The molecular weight excluding hydrogens is 260 g/mol. The first-order valence-corrected chi connectivity index (χ1v) is 5.04. The van der Waals surface area contributed by atoms with Gasteiger partial charge in [-0.1, -0.05) is 6.07 Å². The van der Waals surface area contributed by atoms with E-state index in [1.54, 1.807) is 12.1 Å². The van der Waals surface area contributed by atoms with Crippen molar-refractivity contribution < 1.29 is 14.3 Å². The number of nitrogens with zero attached hydrogens (tertiary/aromatic N) is 3. The van der Waals surface area contributed by atoms with Gasteiger partial charge in [-0.2, -0.15) is 5.26 Å². The molecule has 0 saturated carbocycles. The molecule has 1 heterocycles. The van der Waals surface area contributed by atoms with Crippen LogP contribution >= 0.6 is 0 Å². The number of nitriles is 1. The minimum absolute atomic E-state index is 0. The third-order valence-corrected chi connectivity index (χ3v) is 2.44. The number of rotatable bonds is 3. The topological polar surface area (TPSA) is 78.9 Å². The average molecular weight is 269 g/mol. The van der Waals surface area contributed by atoms with Crippen LogP contribution in [0.3, 0.4) is 0 Å². The molecule has 1 aromatic heterocycles. The zero-order chi connectivity index (χ0) is 13.1. The molecule has 1 aromatic carbocycles. The molecule has 0 spiro atoms. The van der Waals surface area contributed by atoms with Crippen molar-refractivity contribution in [3.63, 3.8) is 0 Å². The summed E-state index contributed by atoms with van der Waals surface area (Å²) in [7, 11) is 0. The summed E-state index contributed by atoms with van der Waals surface area (Å²) in [6, 6.07) is 5.87. The summed E-state index contributed by atoms with van der Waals surface area (Å²) in [4.78, 5) is 14.6. The minimum atomic E-state index is -1.10. The Morgan fingerprint density at radius 2 is 2.26 bits per heavy atom. The van der Waals surface area contributed by atoms with E-state index in [1.165, 1.54) is 29.2 Å². The fourth-order valence-electron chi connectivity index (χ4n) is 1.57. The number of aromatic nitrogens is 2. The Bertz CT molecular complexity index is 649. The van der Waals surface area contributed by atoms with Crippen molar-refractivity contribution in [1.82, 2.24) is 9.55 Å². The maximum absolute atomic E-state index is 13.4. The van der Waals surface area contributed by atoms with E-state index in [0.717, 1.165) is 0 Å². The molecule has 0 saturated heterocycles. The Kier molecular flexibility index (Phi) is 5.24. The molecule has 0 bridgehead atoms. The molecule has 0 aliphatic rings. The normalized spacial score (nSPS) is 9.47. The quantitative estimate of drug-likeness (QED) is 0.843. The van der Waals surface area contributed by atoms with Crippen LogP contribution in [0.2, 0.25) is 0 Å². The van der Waals surface area contributed by atoms with Gasteiger partial charge in [0.2, 0.25) is 0 Å². The van der Waals surface area contributed by atoms with E-state index in [9.17, 15) is 9.18 Å².